The Morgan fingerprint density at radius 3 is 2.36 bits per heavy atom. The molecule has 1 nitrogen and oxygen atoms in total. The van der Waals surface area contributed by atoms with Crippen LogP contribution in [0.25, 0.3) is 0 Å². The maximum Gasteiger partial charge on any atom is 0.0995 e. The third kappa shape index (κ3) is 1.88. The van der Waals surface area contributed by atoms with Crippen LogP contribution in [0.1, 0.15) is 42.9 Å². The maximum atomic E-state index is 9.74. The highest BCUT2D eigenvalue weighted by molar-refractivity contribution is 5.31. The molecule has 0 heterocycles. The van der Waals surface area contributed by atoms with Gasteiger partial charge in [0.1, 0.15) is 0 Å². The lowest BCUT2D eigenvalue weighted by atomic mass is 10.0. The highest BCUT2D eigenvalue weighted by atomic mass is 16.3. The van der Waals surface area contributed by atoms with Gasteiger partial charge in [-0.05, 0) is 42.4 Å². The molecule has 1 saturated carbocycles. The molecule has 1 aromatic rings. The van der Waals surface area contributed by atoms with Crippen LogP contribution in [0.15, 0.2) is 36.4 Å². The smallest absolute Gasteiger partial charge is 0.0995 e. The highest BCUT2D eigenvalue weighted by Gasteiger charge is 2.23. The van der Waals surface area contributed by atoms with Gasteiger partial charge in [0.05, 0.1) is 6.10 Å². The molecule has 74 valence electrons. The van der Waals surface area contributed by atoms with E-state index in [9.17, 15) is 5.11 Å². The second-order valence-electron chi connectivity index (χ2n) is 4.19. The molecule has 1 aliphatic carbocycles. The van der Waals surface area contributed by atoms with Crippen LogP contribution >= 0.6 is 0 Å². The van der Waals surface area contributed by atoms with Crippen molar-refractivity contribution in [1.82, 2.24) is 0 Å². The summed E-state index contributed by atoms with van der Waals surface area (Å²) in [6.45, 7) is 5.60. The summed E-state index contributed by atoms with van der Waals surface area (Å²) in [6, 6.07) is 8.26. The van der Waals surface area contributed by atoms with Crippen LogP contribution in [0, 0.1) is 0 Å². The number of hydrogen-bond acceptors (Lipinski definition) is 1. The Morgan fingerprint density at radius 2 is 1.93 bits per heavy atom. The van der Waals surface area contributed by atoms with Crippen LogP contribution < -0.4 is 0 Å². The van der Waals surface area contributed by atoms with Gasteiger partial charge >= 0.3 is 0 Å². The van der Waals surface area contributed by atoms with Crippen LogP contribution in [0.5, 0.6) is 0 Å². The molecule has 0 saturated heterocycles. The van der Waals surface area contributed by atoms with Gasteiger partial charge in [-0.1, -0.05) is 30.8 Å². The van der Waals surface area contributed by atoms with Gasteiger partial charge in [-0.2, -0.15) is 0 Å². The molecule has 0 amide bonds. The molecule has 1 heteroatoms. The topological polar surface area (TPSA) is 20.2 Å². The fraction of sp³-hybridized carbons (Fsp3) is 0.385. The zero-order chi connectivity index (χ0) is 10.1. The SMILES string of the molecule is C=C(C)C(O)c1ccc(C2CC2)cc1. The average molecular weight is 188 g/mol. The number of aliphatic hydroxyl groups excluding tert-OH is 1. The van der Waals surface area contributed by atoms with E-state index in [1.165, 1.54) is 18.4 Å². The van der Waals surface area contributed by atoms with Crippen molar-refractivity contribution < 1.29 is 5.11 Å². The number of hydrogen-bond donors (Lipinski definition) is 1. The summed E-state index contributed by atoms with van der Waals surface area (Å²) in [4.78, 5) is 0. The summed E-state index contributed by atoms with van der Waals surface area (Å²) < 4.78 is 0. The van der Waals surface area contributed by atoms with Crippen LogP contribution in [0.2, 0.25) is 0 Å². The Balaban J connectivity index is 2.16. The first-order chi connectivity index (χ1) is 6.68. The van der Waals surface area contributed by atoms with Gasteiger partial charge in [-0.25, -0.2) is 0 Å². The number of aliphatic hydroxyl groups is 1. The predicted octanol–water partition coefficient (Wildman–Crippen LogP) is 3.17. The standard InChI is InChI=1S/C13H16O/c1-9(2)13(14)12-7-5-11(6-8-12)10-3-4-10/h5-8,10,13-14H,1,3-4H2,2H3. The van der Waals surface area contributed by atoms with Gasteiger partial charge in [0.15, 0.2) is 0 Å². The zero-order valence-corrected chi connectivity index (χ0v) is 8.53. The first-order valence-electron chi connectivity index (χ1n) is 5.12. The molecule has 0 aliphatic heterocycles. The van der Waals surface area contributed by atoms with Crippen LogP contribution in [0.4, 0.5) is 0 Å². The average Bonchev–Trinajstić information content (AvgIpc) is 3.00. The molecule has 1 fully saturated rings. The number of rotatable bonds is 3. The molecule has 1 unspecified atom stereocenters. The van der Waals surface area contributed by atoms with Crippen molar-refractivity contribution in [3.63, 3.8) is 0 Å². The summed E-state index contributed by atoms with van der Waals surface area (Å²) in [6.07, 6.45) is 2.13. The lowest BCUT2D eigenvalue weighted by molar-refractivity contribution is 0.216. The molecule has 0 spiro atoms. The molecule has 0 aromatic heterocycles. The van der Waals surface area contributed by atoms with Crippen molar-refractivity contribution in [3.05, 3.63) is 47.5 Å². The van der Waals surface area contributed by atoms with E-state index >= 15 is 0 Å². The lowest BCUT2D eigenvalue weighted by Gasteiger charge is -2.10. The van der Waals surface area contributed by atoms with Gasteiger partial charge in [0.2, 0.25) is 0 Å². The summed E-state index contributed by atoms with van der Waals surface area (Å²) in [7, 11) is 0. The van der Waals surface area contributed by atoms with Crippen molar-refractivity contribution in [1.29, 1.82) is 0 Å². The van der Waals surface area contributed by atoms with Gasteiger partial charge in [0.25, 0.3) is 0 Å². The van der Waals surface area contributed by atoms with Gasteiger partial charge in [0, 0.05) is 0 Å². The van der Waals surface area contributed by atoms with Crippen LogP contribution in [-0.4, -0.2) is 5.11 Å². The second kappa shape index (κ2) is 3.58. The summed E-state index contributed by atoms with van der Waals surface area (Å²) in [5.41, 5.74) is 3.15. The van der Waals surface area contributed by atoms with Crippen molar-refractivity contribution in [2.75, 3.05) is 0 Å². The van der Waals surface area contributed by atoms with E-state index < -0.39 is 6.10 Å². The van der Waals surface area contributed by atoms with Crippen molar-refractivity contribution in [2.24, 2.45) is 0 Å². The molecule has 1 aromatic carbocycles. The predicted molar refractivity (Wildman–Crippen MR) is 58.2 cm³/mol. The third-order valence-electron chi connectivity index (χ3n) is 2.77. The third-order valence-corrected chi connectivity index (χ3v) is 2.77. The zero-order valence-electron chi connectivity index (χ0n) is 8.53. The van der Waals surface area contributed by atoms with Gasteiger partial charge in [-0.15, -0.1) is 0 Å². The first-order valence-corrected chi connectivity index (χ1v) is 5.12. The molecule has 1 N–H and O–H groups in total. The Kier molecular flexibility index (Phi) is 2.42. The fourth-order valence-electron chi connectivity index (χ4n) is 1.65. The van der Waals surface area contributed by atoms with Crippen molar-refractivity contribution in [2.45, 2.75) is 31.8 Å². The summed E-state index contributed by atoms with van der Waals surface area (Å²) in [5, 5.41) is 9.74. The molecular formula is C13H16O. The highest BCUT2D eigenvalue weighted by Crippen LogP contribution is 2.40. The Morgan fingerprint density at radius 1 is 1.36 bits per heavy atom. The van der Waals surface area contributed by atoms with E-state index in [2.05, 4.69) is 18.7 Å². The van der Waals surface area contributed by atoms with Gasteiger partial charge < -0.3 is 5.11 Å². The van der Waals surface area contributed by atoms with Crippen LogP contribution in [0.3, 0.4) is 0 Å². The van der Waals surface area contributed by atoms with Crippen molar-refractivity contribution >= 4 is 0 Å². The minimum Gasteiger partial charge on any atom is -0.384 e. The largest absolute Gasteiger partial charge is 0.384 e. The molecule has 1 aliphatic rings. The van der Waals surface area contributed by atoms with E-state index in [0.717, 1.165) is 17.1 Å². The minimum absolute atomic E-state index is 0.511. The molecular weight excluding hydrogens is 172 g/mol. The number of benzene rings is 1. The lowest BCUT2D eigenvalue weighted by Crippen LogP contribution is -1.97. The van der Waals surface area contributed by atoms with Gasteiger partial charge in [-0.3, -0.25) is 0 Å². The Hall–Kier alpha value is -1.08. The van der Waals surface area contributed by atoms with Crippen molar-refractivity contribution in [3.8, 4) is 0 Å². The first kappa shape index (κ1) is 9.47. The van der Waals surface area contributed by atoms with E-state index in [1.54, 1.807) is 0 Å². The van der Waals surface area contributed by atoms with E-state index in [-0.39, 0.29) is 0 Å². The molecule has 0 radical (unpaired) electrons. The van der Waals surface area contributed by atoms with Crippen LogP contribution in [-0.2, 0) is 0 Å². The summed E-state index contributed by atoms with van der Waals surface area (Å²) in [5.74, 6) is 0.783. The molecule has 1 atom stereocenters. The maximum absolute atomic E-state index is 9.74. The van der Waals surface area contributed by atoms with E-state index in [0.29, 0.717) is 0 Å². The van der Waals surface area contributed by atoms with E-state index in [4.69, 9.17) is 0 Å². The Labute approximate surface area is 85.1 Å². The minimum atomic E-state index is -0.511. The fourth-order valence-corrected chi connectivity index (χ4v) is 1.65. The molecule has 2 rings (SSSR count). The quantitative estimate of drug-likeness (QED) is 0.722. The molecule has 14 heavy (non-hydrogen) atoms. The van der Waals surface area contributed by atoms with E-state index in [1.807, 2.05) is 19.1 Å². The second-order valence-corrected chi connectivity index (χ2v) is 4.19. The summed E-state index contributed by atoms with van der Waals surface area (Å²) >= 11 is 0. The molecule has 0 bridgehead atoms. The normalized spacial score (nSPS) is 17.9. The Bertz CT molecular complexity index is 333. The monoisotopic (exact) mass is 188 g/mol.